The number of benzene rings is 2. The fourth-order valence-corrected chi connectivity index (χ4v) is 5.00. The molecular formula is C25H25Cl2NO4. The zero-order valence-electron chi connectivity index (χ0n) is 18.5. The summed E-state index contributed by atoms with van der Waals surface area (Å²) in [5, 5.41) is 0.773. The fraction of sp³-hybridized carbons (Fsp3) is 0.360. The largest absolute Gasteiger partial charge is 0.497 e. The molecule has 5 nitrogen and oxygen atoms in total. The highest BCUT2D eigenvalue weighted by atomic mass is 35.5. The van der Waals surface area contributed by atoms with Crippen LogP contribution in [0.15, 0.2) is 47.7 Å². The number of nitrogens with zero attached hydrogens (tertiary/aromatic N) is 1. The van der Waals surface area contributed by atoms with E-state index in [0.717, 1.165) is 11.3 Å². The number of methoxy groups -OCH3 is 2. The molecule has 0 saturated carbocycles. The van der Waals surface area contributed by atoms with Crippen LogP contribution in [0.1, 0.15) is 44.6 Å². The van der Waals surface area contributed by atoms with Gasteiger partial charge in [0.05, 0.1) is 30.0 Å². The Hall–Kier alpha value is -2.50. The minimum absolute atomic E-state index is 0.0525. The van der Waals surface area contributed by atoms with Crippen LogP contribution in [0.3, 0.4) is 0 Å². The summed E-state index contributed by atoms with van der Waals surface area (Å²) in [6, 6.07) is 10.6. The van der Waals surface area contributed by atoms with Crippen LogP contribution < -0.4 is 14.4 Å². The second-order valence-electron chi connectivity index (χ2n) is 8.99. The molecule has 0 saturated heterocycles. The molecule has 1 aliphatic heterocycles. The van der Waals surface area contributed by atoms with Crippen molar-refractivity contribution >= 4 is 40.6 Å². The number of hydrogen-bond donors (Lipinski definition) is 0. The number of allylic oxidation sites excluding steroid dienone is 2. The molecule has 1 heterocycles. The van der Waals surface area contributed by atoms with E-state index in [1.807, 2.05) is 26.0 Å². The molecule has 0 spiro atoms. The molecule has 4 rings (SSSR count). The molecule has 0 fully saturated rings. The van der Waals surface area contributed by atoms with Gasteiger partial charge in [-0.2, -0.15) is 0 Å². The molecule has 2 aromatic rings. The molecule has 1 unspecified atom stereocenters. The van der Waals surface area contributed by atoms with E-state index in [9.17, 15) is 9.59 Å². The van der Waals surface area contributed by atoms with Crippen molar-refractivity contribution in [2.24, 2.45) is 5.41 Å². The number of ether oxygens (including phenoxy) is 2. The molecule has 32 heavy (non-hydrogen) atoms. The van der Waals surface area contributed by atoms with Gasteiger partial charge in [0.1, 0.15) is 11.5 Å². The molecule has 1 amide bonds. The van der Waals surface area contributed by atoms with Crippen LogP contribution >= 0.6 is 23.2 Å². The smallest absolute Gasteiger partial charge is 0.232 e. The summed E-state index contributed by atoms with van der Waals surface area (Å²) < 4.78 is 10.9. The maximum absolute atomic E-state index is 13.5. The first kappa shape index (κ1) is 22.7. The second-order valence-corrected chi connectivity index (χ2v) is 9.81. The molecule has 1 aliphatic carbocycles. The summed E-state index contributed by atoms with van der Waals surface area (Å²) in [5.41, 5.74) is 2.54. The van der Waals surface area contributed by atoms with Crippen molar-refractivity contribution < 1.29 is 19.1 Å². The van der Waals surface area contributed by atoms with Crippen LogP contribution in [0.4, 0.5) is 5.69 Å². The van der Waals surface area contributed by atoms with Gasteiger partial charge in [-0.25, -0.2) is 0 Å². The number of anilines is 1. The van der Waals surface area contributed by atoms with Gasteiger partial charge in [0.2, 0.25) is 5.91 Å². The van der Waals surface area contributed by atoms with Gasteiger partial charge in [0.15, 0.2) is 5.78 Å². The van der Waals surface area contributed by atoms with Crippen LogP contribution in [0.5, 0.6) is 11.5 Å². The molecule has 7 heteroatoms. The molecule has 168 valence electrons. The van der Waals surface area contributed by atoms with Crippen molar-refractivity contribution in [3.8, 4) is 11.5 Å². The third-order valence-electron chi connectivity index (χ3n) is 6.12. The molecule has 2 aliphatic rings. The highest BCUT2D eigenvalue weighted by Crippen LogP contribution is 2.50. The van der Waals surface area contributed by atoms with E-state index in [1.165, 1.54) is 0 Å². The number of rotatable bonds is 4. The number of hydrogen-bond acceptors (Lipinski definition) is 4. The van der Waals surface area contributed by atoms with E-state index < -0.39 is 0 Å². The van der Waals surface area contributed by atoms with Gasteiger partial charge >= 0.3 is 0 Å². The maximum atomic E-state index is 13.5. The Kier molecular flexibility index (Phi) is 5.99. The first-order chi connectivity index (χ1) is 15.1. The lowest BCUT2D eigenvalue weighted by atomic mass is 9.69. The van der Waals surface area contributed by atoms with Gasteiger partial charge < -0.3 is 9.47 Å². The molecule has 2 aromatic carbocycles. The summed E-state index contributed by atoms with van der Waals surface area (Å²) in [7, 11) is 3.16. The van der Waals surface area contributed by atoms with Crippen LogP contribution in [0, 0.1) is 5.41 Å². The van der Waals surface area contributed by atoms with Crippen molar-refractivity contribution in [2.75, 3.05) is 19.1 Å². The van der Waals surface area contributed by atoms with E-state index in [4.69, 9.17) is 32.7 Å². The van der Waals surface area contributed by atoms with Gasteiger partial charge in [0, 0.05) is 41.7 Å². The SMILES string of the molecule is COc1ccc(C2CC(=O)N(c3ccc(Cl)c(Cl)c3)C3=C2C(=O)CC(C)(C)C3)c(OC)c1. The summed E-state index contributed by atoms with van der Waals surface area (Å²) in [5.74, 6) is 0.804. The summed E-state index contributed by atoms with van der Waals surface area (Å²) in [6.45, 7) is 4.09. The second kappa shape index (κ2) is 8.45. The Labute approximate surface area is 197 Å². The van der Waals surface area contributed by atoms with E-state index in [1.54, 1.807) is 43.4 Å². The zero-order chi connectivity index (χ0) is 23.2. The van der Waals surface area contributed by atoms with Crippen LogP contribution in [-0.4, -0.2) is 25.9 Å². The molecular weight excluding hydrogens is 449 g/mol. The fourth-order valence-electron chi connectivity index (χ4n) is 4.71. The predicted molar refractivity (Wildman–Crippen MR) is 126 cm³/mol. The van der Waals surface area contributed by atoms with E-state index in [-0.39, 0.29) is 29.4 Å². The number of ketones is 1. The first-order valence-electron chi connectivity index (χ1n) is 10.4. The van der Waals surface area contributed by atoms with Gasteiger partial charge in [-0.15, -0.1) is 0 Å². The monoisotopic (exact) mass is 473 g/mol. The Balaban J connectivity index is 1.91. The number of Topliss-reactive ketones (excluding diaryl/α,β-unsaturated/α-hetero) is 1. The maximum Gasteiger partial charge on any atom is 0.232 e. The highest BCUT2D eigenvalue weighted by molar-refractivity contribution is 6.42. The minimum Gasteiger partial charge on any atom is -0.497 e. The molecule has 0 aromatic heterocycles. The zero-order valence-corrected chi connectivity index (χ0v) is 20.0. The van der Waals surface area contributed by atoms with Gasteiger partial charge in [-0.05, 0) is 36.1 Å². The summed E-state index contributed by atoms with van der Waals surface area (Å²) in [4.78, 5) is 28.6. The van der Waals surface area contributed by atoms with Crippen LogP contribution in [0.2, 0.25) is 10.0 Å². The molecule has 1 atom stereocenters. The van der Waals surface area contributed by atoms with Gasteiger partial charge in [0.25, 0.3) is 0 Å². The predicted octanol–water partition coefficient (Wildman–Crippen LogP) is 6.17. The quantitative estimate of drug-likeness (QED) is 0.532. The standard InChI is InChI=1S/C25H25Cl2NO4/c1-25(2)12-20-24(21(29)13-25)17(16-7-6-15(31-3)10-22(16)32-4)11-23(30)28(20)14-5-8-18(26)19(27)9-14/h5-10,17H,11-13H2,1-4H3. The van der Waals surface area contributed by atoms with Crippen LogP contribution in [-0.2, 0) is 9.59 Å². The lowest BCUT2D eigenvalue weighted by Gasteiger charge is -2.43. The highest BCUT2D eigenvalue weighted by Gasteiger charge is 2.45. The van der Waals surface area contributed by atoms with Crippen molar-refractivity contribution in [1.82, 2.24) is 0 Å². The third kappa shape index (κ3) is 4.00. The topological polar surface area (TPSA) is 55.8 Å². The Morgan fingerprint density at radius 2 is 1.72 bits per heavy atom. The Morgan fingerprint density at radius 1 is 0.969 bits per heavy atom. The third-order valence-corrected chi connectivity index (χ3v) is 6.86. The number of carbonyl (C=O) groups excluding carboxylic acids is 2. The first-order valence-corrected chi connectivity index (χ1v) is 11.2. The molecule has 0 N–H and O–H groups in total. The molecule has 0 bridgehead atoms. The van der Waals surface area contributed by atoms with Crippen molar-refractivity contribution in [3.63, 3.8) is 0 Å². The van der Waals surface area contributed by atoms with Crippen molar-refractivity contribution in [1.29, 1.82) is 0 Å². The summed E-state index contributed by atoms with van der Waals surface area (Å²) >= 11 is 12.3. The Morgan fingerprint density at radius 3 is 2.38 bits per heavy atom. The normalized spacial score (nSPS) is 20.3. The van der Waals surface area contributed by atoms with Crippen molar-refractivity contribution in [3.05, 3.63) is 63.3 Å². The number of amides is 1. The van der Waals surface area contributed by atoms with E-state index in [2.05, 4.69) is 0 Å². The average Bonchev–Trinajstić information content (AvgIpc) is 2.73. The van der Waals surface area contributed by atoms with Crippen molar-refractivity contribution in [2.45, 2.75) is 39.0 Å². The number of carbonyl (C=O) groups is 2. The minimum atomic E-state index is -0.388. The molecule has 0 radical (unpaired) electrons. The van der Waals surface area contributed by atoms with Gasteiger partial charge in [-0.3, -0.25) is 14.5 Å². The number of halogens is 2. The average molecular weight is 474 g/mol. The summed E-state index contributed by atoms with van der Waals surface area (Å²) in [6.07, 6.45) is 1.16. The van der Waals surface area contributed by atoms with E-state index >= 15 is 0 Å². The lowest BCUT2D eigenvalue weighted by molar-refractivity contribution is -0.121. The Bertz CT molecular complexity index is 1140. The van der Waals surface area contributed by atoms with Crippen LogP contribution in [0.25, 0.3) is 0 Å². The van der Waals surface area contributed by atoms with E-state index in [0.29, 0.717) is 45.6 Å². The van der Waals surface area contributed by atoms with Gasteiger partial charge in [-0.1, -0.05) is 43.1 Å². The lowest BCUT2D eigenvalue weighted by Crippen LogP contribution is -2.43.